The molecule has 6 heteroatoms. The summed E-state index contributed by atoms with van der Waals surface area (Å²) in [6.45, 7) is 2.43. The Morgan fingerprint density at radius 2 is 2.16 bits per heavy atom. The first-order valence-corrected chi connectivity index (χ1v) is 8.69. The third-order valence-corrected chi connectivity index (χ3v) is 5.29. The van der Waals surface area contributed by atoms with Gasteiger partial charge >= 0.3 is 0 Å². The van der Waals surface area contributed by atoms with E-state index in [0.29, 0.717) is 25.4 Å². The highest BCUT2D eigenvalue weighted by Crippen LogP contribution is 2.40. The first kappa shape index (κ1) is 15.9. The van der Waals surface area contributed by atoms with E-state index >= 15 is 0 Å². The number of hydrogen-bond donors (Lipinski definition) is 0. The Hall–Kier alpha value is -2.63. The van der Waals surface area contributed by atoms with Crippen LogP contribution in [0.4, 0.5) is 0 Å². The first-order chi connectivity index (χ1) is 12.2. The second-order valence-corrected chi connectivity index (χ2v) is 6.93. The van der Waals surface area contributed by atoms with Crippen molar-refractivity contribution >= 4 is 11.8 Å². The van der Waals surface area contributed by atoms with Gasteiger partial charge in [0.1, 0.15) is 0 Å². The zero-order valence-corrected chi connectivity index (χ0v) is 14.1. The predicted molar refractivity (Wildman–Crippen MR) is 90.5 cm³/mol. The van der Waals surface area contributed by atoms with Gasteiger partial charge in [-0.15, -0.1) is 0 Å². The molecule has 0 radical (unpaired) electrons. The molecule has 4 rings (SSSR count). The number of nitrogens with zero attached hydrogens (tertiary/aromatic N) is 3. The summed E-state index contributed by atoms with van der Waals surface area (Å²) < 4.78 is 5.22. The van der Waals surface area contributed by atoms with E-state index in [9.17, 15) is 9.59 Å². The van der Waals surface area contributed by atoms with Crippen LogP contribution in [0.3, 0.4) is 0 Å². The highest BCUT2D eigenvalue weighted by Gasteiger charge is 2.49. The molecule has 2 aliphatic heterocycles. The standard InChI is InChI=1S/C19H21N3O3/c23-17(16-5-2-11-25-16)22-10-7-19(14-22)6-3-9-21(18(19)24)13-15-4-1-8-20-12-15/h1-2,4-5,8,11-12H,3,6-7,9-10,13-14H2. The molecule has 1 unspecified atom stereocenters. The molecule has 6 nitrogen and oxygen atoms in total. The van der Waals surface area contributed by atoms with Gasteiger partial charge in [0.15, 0.2) is 5.76 Å². The maximum atomic E-state index is 13.2. The Morgan fingerprint density at radius 3 is 2.92 bits per heavy atom. The molecule has 2 aliphatic rings. The summed E-state index contributed by atoms with van der Waals surface area (Å²) in [5, 5.41) is 0. The number of carbonyl (C=O) groups is 2. The van der Waals surface area contributed by atoms with Crippen molar-refractivity contribution < 1.29 is 14.0 Å². The molecule has 1 atom stereocenters. The maximum absolute atomic E-state index is 13.2. The van der Waals surface area contributed by atoms with Gasteiger partial charge in [-0.05, 0) is 43.0 Å². The van der Waals surface area contributed by atoms with Crippen LogP contribution in [0.25, 0.3) is 0 Å². The molecule has 2 saturated heterocycles. The lowest BCUT2D eigenvalue weighted by Gasteiger charge is -2.39. The van der Waals surface area contributed by atoms with Crippen LogP contribution >= 0.6 is 0 Å². The fourth-order valence-corrected chi connectivity index (χ4v) is 4.00. The second kappa shape index (κ2) is 6.35. The van der Waals surface area contributed by atoms with Gasteiger partial charge in [-0.2, -0.15) is 0 Å². The fourth-order valence-electron chi connectivity index (χ4n) is 4.00. The monoisotopic (exact) mass is 339 g/mol. The summed E-state index contributed by atoms with van der Waals surface area (Å²) in [4.78, 5) is 33.5. The summed E-state index contributed by atoms with van der Waals surface area (Å²) in [5.74, 6) is 0.379. The minimum Gasteiger partial charge on any atom is -0.459 e. The number of hydrogen-bond acceptors (Lipinski definition) is 4. The molecule has 2 fully saturated rings. The Kier molecular flexibility index (Phi) is 4.03. The van der Waals surface area contributed by atoms with Gasteiger partial charge in [-0.1, -0.05) is 6.07 Å². The summed E-state index contributed by atoms with van der Waals surface area (Å²) in [6, 6.07) is 7.26. The summed E-state index contributed by atoms with van der Waals surface area (Å²) in [6.07, 6.45) is 7.57. The number of likely N-dealkylation sites (tertiary alicyclic amines) is 2. The zero-order chi connectivity index (χ0) is 17.3. The second-order valence-electron chi connectivity index (χ2n) is 6.93. The van der Waals surface area contributed by atoms with E-state index in [1.54, 1.807) is 29.4 Å². The van der Waals surface area contributed by atoms with Gasteiger partial charge in [0.05, 0.1) is 11.7 Å². The third-order valence-electron chi connectivity index (χ3n) is 5.29. The molecule has 0 aromatic carbocycles. The highest BCUT2D eigenvalue weighted by atomic mass is 16.3. The van der Waals surface area contributed by atoms with Crippen LogP contribution in [0.5, 0.6) is 0 Å². The number of rotatable bonds is 3. The molecule has 0 saturated carbocycles. The Morgan fingerprint density at radius 1 is 1.24 bits per heavy atom. The minimum absolute atomic E-state index is 0.126. The van der Waals surface area contributed by atoms with E-state index < -0.39 is 5.41 Å². The van der Waals surface area contributed by atoms with E-state index in [0.717, 1.165) is 31.4 Å². The molecule has 1 spiro atoms. The van der Waals surface area contributed by atoms with Crippen molar-refractivity contribution in [3.63, 3.8) is 0 Å². The van der Waals surface area contributed by atoms with Crippen molar-refractivity contribution in [2.24, 2.45) is 5.41 Å². The number of furan rings is 1. The van der Waals surface area contributed by atoms with Gasteiger partial charge in [0.25, 0.3) is 5.91 Å². The van der Waals surface area contributed by atoms with Gasteiger partial charge in [0, 0.05) is 38.6 Å². The Balaban J connectivity index is 1.48. The van der Waals surface area contributed by atoms with E-state index in [-0.39, 0.29) is 11.8 Å². The topological polar surface area (TPSA) is 66.7 Å². The summed E-state index contributed by atoms with van der Waals surface area (Å²) >= 11 is 0. The van der Waals surface area contributed by atoms with Crippen molar-refractivity contribution in [1.29, 1.82) is 0 Å². The van der Waals surface area contributed by atoms with Crippen molar-refractivity contribution in [3.8, 4) is 0 Å². The van der Waals surface area contributed by atoms with E-state index in [1.807, 2.05) is 17.0 Å². The lowest BCUT2D eigenvalue weighted by molar-refractivity contribution is -0.146. The molecular formula is C19H21N3O3. The maximum Gasteiger partial charge on any atom is 0.289 e. The molecule has 0 bridgehead atoms. The largest absolute Gasteiger partial charge is 0.459 e. The van der Waals surface area contributed by atoms with E-state index in [4.69, 9.17) is 4.42 Å². The number of carbonyl (C=O) groups excluding carboxylic acids is 2. The molecular weight excluding hydrogens is 318 g/mol. The third kappa shape index (κ3) is 2.92. The summed E-state index contributed by atoms with van der Waals surface area (Å²) in [5.41, 5.74) is 0.595. The molecule has 2 aromatic rings. The van der Waals surface area contributed by atoms with Crippen molar-refractivity contribution in [2.75, 3.05) is 19.6 Å². The number of aromatic nitrogens is 1. The average molecular weight is 339 g/mol. The normalized spacial score (nSPS) is 23.4. The summed E-state index contributed by atoms with van der Waals surface area (Å²) in [7, 11) is 0. The SMILES string of the molecule is O=C(c1ccco1)N1CCC2(CCCN(Cc3cccnc3)C2=O)C1. The average Bonchev–Trinajstić information content (AvgIpc) is 3.31. The number of pyridine rings is 1. The van der Waals surface area contributed by atoms with Gasteiger partial charge in [-0.3, -0.25) is 14.6 Å². The molecule has 2 aromatic heterocycles. The van der Waals surface area contributed by atoms with Crippen LogP contribution in [0.15, 0.2) is 47.3 Å². The van der Waals surface area contributed by atoms with Crippen LogP contribution in [0.2, 0.25) is 0 Å². The van der Waals surface area contributed by atoms with Crippen LogP contribution in [0.1, 0.15) is 35.4 Å². The van der Waals surface area contributed by atoms with Gasteiger partial charge in [-0.25, -0.2) is 0 Å². The van der Waals surface area contributed by atoms with Crippen LogP contribution in [0, 0.1) is 5.41 Å². The molecule has 0 N–H and O–H groups in total. The van der Waals surface area contributed by atoms with Crippen molar-refractivity contribution in [1.82, 2.24) is 14.8 Å². The zero-order valence-electron chi connectivity index (χ0n) is 14.1. The lowest BCUT2D eigenvalue weighted by atomic mass is 9.78. The first-order valence-electron chi connectivity index (χ1n) is 8.69. The molecule has 4 heterocycles. The van der Waals surface area contributed by atoms with E-state index in [1.165, 1.54) is 6.26 Å². The minimum atomic E-state index is -0.442. The Labute approximate surface area is 146 Å². The lowest BCUT2D eigenvalue weighted by Crippen LogP contribution is -2.50. The number of amides is 2. The Bertz CT molecular complexity index is 759. The van der Waals surface area contributed by atoms with Crippen LogP contribution < -0.4 is 0 Å². The molecule has 25 heavy (non-hydrogen) atoms. The predicted octanol–water partition coefficient (Wildman–Crippen LogP) is 2.33. The quantitative estimate of drug-likeness (QED) is 0.861. The molecule has 130 valence electrons. The fraction of sp³-hybridized carbons (Fsp3) is 0.421. The molecule has 2 amide bonds. The van der Waals surface area contributed by atoms with Crippen molar-refractivity contribution in [2.45, 2.75) is 25.8 Å². The van der Waals surface area contributed by atoms with Crippen LogP contribution in [-0.2, 0) is 11.3 Å². The van der Waals surface area contributed by atoms with E-state index in [2.05, 4.69) is 4.98 Å². The van der Waals surface area contributed by atoms with Gasteiger partial charge in [0.2, 0.25) is 5.91 Å². The van der Waals surface area contributed by atoms with Crippen molar-refractivity contribution in [3.05, 3.63) is 54.2 Å². The highest BCUT2D eigenvalue weighted by molar-refractivity contribution is 5.93. The van der Waals surface area contributed by atoms with Gasteiger partial charge < -0.3 is 14.2 Å². The number of piperidine rings is 1. The van der Waals surface area contributed by atoms with Crippen LogP contribution in [-0.4, -0.2) is 46.2 Å². The molecule has 0 aliphatic carbocycles. The smallest absolute Gasteiger partial charge is 0.289 e.